The first kappa shape index (κ1) is 35.4. The molecule has 1 amide bonds. The number of hydrogen-bond donors (Lipinski definition) is 4. The molecule has 0 radical (unpaired) electrons. The summed E-state index contributed by atoms with van der Waals surface area (Å²) in [6.45, 7) is 11.7. The molecule has 0 bridgehead atoms. The lowest BCUT2D eigenvalue weighted by Gasteiger charge is -2.31. The van der Waals surface area contributed by atoms with Crippen LogP contribution < -0.4 is 26.3 Å². The van der Waals surface area contributed by atoms with Gasteiger partial charge in [-0.05, 0) is 88.4 Å². The van der Waals surface area contributed by atoms with Gasteiger partial charge < -0.3 is 26.0 Å². The zero-order chi connectivity index (χ0) is 30.2. The standard InChI is InChI=1S/C34H61N3O4/c1-24(2)17-13-11-9-7-6-8-10-12-14-18-28-20-21-29-27(5)32(25(3)26(4)33(29)41-28)40-23-31(38)37-22-16-15-19-30(35)34(36)39/h24,28,30-31,37-38H,6-23,35H2,1-5H3,(H2,36,39)/t28?,30-,31?/m1/s1. The minimum Gasteiger partial charge on any atom is -0.490 e. The van der Waals surface area contributed by atoms with Crippen LogP contribution in [-0.4, -0.2) is 42.5 Å². The molecule has 7 nitrogen and oxygen atoms in total. The first-order valence-electron chi connectivity index (χ1n) is 16.5. The van der Waals surface area contributed by atoms with E-state index < -0.39 is 18.2 Å². The summed E-state index contributed by atoms with van der Waals surface area (Å²) >= 11 is 0. The van der Waals surface area contributed by atoms with Crippen molar-refractivity contribution in [1.82, 2.24) is 5.32 Å². The van der Waals surface area contributed by atoms with Crippen molar-refractivity contribution in [2.75, 3.05) is 13.2 Å². The molecule has 0 aromatic heterocycles. The summed E-state index contributed by atoms with van der Waals surface area (Å²) in [6.07, 6.45) is 18.5. The lowest BCUT2D eigenvalue weighted by atomic mass is 9.90. The maximum Gasteiger partial charge on any atom is 0.234 e. The Kier molecular flexibility index (Phi) is 16.7. The van der Waals surface area contributed by atoms with Gasteiger partial charge >= 0.3 is 0 Å². The van der Waals surface area contributed by atoms with E-state index in [0.717, 1.165) is 66.2 Å². The van der Waals surface area contributed by atoms with E-state index in [1.165, 1.54) is 69.8 Å². The van der Waals surface area contributed by atoms with Crippen LogP contribution in [0, 0.1) is 26.7 Å². The molecule has 236 valence electrons. The highest BCUT2D eigenvalue weighted by atomic mass is 16.5. The van der Waals surface area contributed by atoms with Gasteiger partial charge in [0.15, 0.2) is 0 Å². The van der Waals surface area contributed by atoms with Crippen LogP contribution in [0.15, 0.2) is 0 Å². The Balaban J connectivity index is 1.69. The zero-order valence-electron chi connectivity index (χ0n) is 26.9. The Bertz CT molecular complexity index is 905. The maximum atomic E-state index is 11.0. The summed E-state index contributed by atoms with van der Waals surface area (Å²) in [5.41, 5.74) is 15.4. The van der Waals surface area contributed by atoms with E-state index in [1.807, 2.05) is 0 Å². The van der Waals surface area contributed by atoms with Gasteiger partial charge in [-0.25, -0.2) is 0 Å². The molecular weight excluding hydrogens is 514 g/mol. The van der Waals surface area contributed by atoms with Crippen LogP contribution in [-0.2, 0) is 11.2 Å². The molecule has 2 unspecified atom stereocenters. The molecule has 1 aliphatic heterocycles. The Hall–Kier alpha value is -1.83. The van der Waals surface area contributed by atoms with Crippen molar-refractivity contribution in [1.29, 1.82) is 0 Å². The van der Waals surface area contributed by atoms with Crippen molar-refractivity contribution in [2.24, 2.45) is 17.4 Å². The molecule has 1 aromatic carbocycles. The highest BCUT2D eigenvalue weighted by Gasteiger charge is 2.26. The van der Waals surface area contributed by atoms with Crippen LogP contribution in [0.25, 0.3) is 0 Å². The predicted molar refractivity (Wildman–Crippen MR) is 170 cm³/mol. The lowest BCUT2D eigenvalue weighted by Crippen LogP contribution is -2.37. The maximum absolute atomic E-state index is 11.0. The number of aliphatic hydroxyl groups is 1. The van der Waals surface area contributed by atoms with Gasteiger partial charge in [0.1, 0.15) is 24.3 Å². The molecule has 1 aromatic rings. The van der Waals surface area contributed by atoms with E-state index in [4.69, 9.17) is 20.9 Å². The smallest absolute Gasteiger partial charge is 0.234 e. The van der Waals surface area contributed by atoms with Crippen molar-refractivity contribution in [3.05, 3.63) is 22.3 Å². The number of carbonyl (C=O) groups is 1. The average molecular weight is 576 g/mol. The largest absolute Gasteiger partial charge is 0.490 e. The summed E-state index contributed by atoms with van der Waals surface area (Å²) < 4.78 is 12.7. The Labute approximate surface area is 250 Å². The molecule has 2 rings (SSSR count). The molecular formula is C34H61N3O4. The number of primary amides is 1. The second-order valence-corrected chi connectivity index (χ2v) is 12.7. The number of benzene rings is 1. The fraction of sp³-hybridized carbons (Fsp3) is 0.794. The van der Waals surface area contributed by atoms with Crippen molar-refractivity contribution in [3.63, 3.8) is 0 Å². The van der Waals surface area contributed by atoms with Gasteiger partial charge in [-0.1, -0.05) is 78.1 Å². The van der Waals surface area contributed by atoms with E-state index >= 15 is 0 Å². The molecule has 6 N–H and O–H groups in total. The first-order valence-corrected chi connectivity index (χ1v) is 16.5. The van der Waals surface area contributed by atoms with Crippen LogP contribution in [0.5, 0.6) is 11.5 Å². The van der Waals surface area contributed by atoms with E-state index in [0.29, 0.717) is 19.1 Å². The van der Waals surface area contributed by atoms with Gasteiger partial charge in [0.05, 0.1) is 12.1 Å². The topological polar surface area (TPSA) is 120 Å². The summed E-state index contributed by atoms with van der Waals surface area (Å²) in [5, 5.41) is 13.5. The van der Waals surface area contributed by atoms with E-state index in [9.17, 15) is 9.90 Å². The van der Waals surface area contributed by atoms with Crippen LogP contribution >= 0.6 is 0 Å². The SMILES string of the molecule is Cc1c(C)c2c(c(C)c1OCC(O)NCCCC[C@@H](N)C(N)=O)CCC(CCCCCCCCCCCC(C)C)O2. The normalized spacial score (nSPS) is 16.3. The van der Waals surface area contributed by atoms with Gasteiger partial charge in [-0.2, -0.15) is 0 Å². The first-order chi connectivity index (χ1) is 19.6. The van der Waals surface area contributed by atoms with Gasteiger partial charge in [-0.15, -0.1) is 0 Å². The van der Waals surface area contributed by atoms with Crippen LogP contribution in [0.4, 0.5) is 0 Å². The molecule has 0 fully saturated rings. The molecule has 41 heavy (non-hydrogen) atoms. The highest BCUT2D eigenvalue weighted by Crippen LogP contribution is 2.42. The minimum atomic E-state index is -0.773. The Morgan fingerprint density at radius 2 is 1.54 bits per heavy atom. The molecule has 1 heterocycles. The fourth-order valence-corrected chi connectivity index (χ4v) is 5.85. The molecule has 3 atom stereocenters. The fourth-order valence-electron chi connectivity index (χ4n) is 5.85. The third-order valence-electron chi connectivity index (χ3n) is 8.69. The number of rotatable bonds is 22. The van der Waals surface area contributed by atoms with Gasteiger partial charge in [0.25, 0.3) is 0 Å². The van der Waals surface area contributed by atoms with Crippen molar-refractivity contribution >= 4 is 5.91 Å². The number of unbranched alkanes of at least 4 members (excludes halogenated alkanes) is 9. The third-order valence-corrected chi connectivity index (χ3v) is 8.69. The Morgan fingerprint density at radius 3 is 2.17 bits per heavy atom. The van der Waals surface area contributed by atoms with Gasteiger partial charge in [0.2, 0.25) is 5.91 Å². The number of carbonyl (C=O) groups excluding carboxylic acids is 1. The van der Waals surface area contributed by atoms with Gasteiger partial charge in [0, 0.05) is 5.56 Å². The van der Waals surface area contributed by atoms with Crippen LogP contribution in [0.3, 0.4) is 0 Å². The summed E-state index contributed by atoms with van der Waals surface area (Å²) in [5.74, 6) is 2.28. The summed E-state index contributed by atoms with van der Waals surface area (Å²) in [6, 6.07) is -0.602. The number of aliphatic hydroxyl groups excluding tert-OH is 1. The van der Waals surface area contributed by atoms with Crippen molar-refractivity contribution in [3.8, 4) is 11.5 Å². The highest BCUT2D eigenvalue weighted by molar-refractivity contribution is 5.79. The number of hydrogen-bond acceptors (Lipinski definition) is 6. The third kappa shape index (κ3) is 12.9. The second kappa shape index (κ2) is 19.4. The number of fused-ring (bicyclic) bond motifs is 1. The quantitative estimate of drug-likeness (QED) is 0.0923. The average Bonchev–Trinajstić information content (AvgIpc) is 2.94. The van der Waals surface area contributed by atoms with E-state index in [1.54, 1.807) is 0 Å². The number of nitrogens with two attached hydrogens (primary N) is 2. The van der Waals surface area contributed by atoms with Crippen LogP contribution in [0.2, 0.25) is 0 Å². The van der Waals surface area contributed by atoms with Crippen molar-refractivity contribution in [2.45, 2.75) is 156 Å². The van der Waals surface area contributed by atoms with E-state index in [-0.39, 0.29) is 6.61 Å². The lowest BCUT2D eigenvalue weighted by molar-refractivity contribution is -0.119. The zero-order valence-corrected chi connectivity index (χ0v) is 26.9. The molecule has 0 aliphatic carbocycles. The number of nitrogens with one attached hydrogen (secondary N) is 1. The number of amides is 1. The Morgan fingerprint density at radius 1 is 0.927 bits per heavy atom. The number of ether oxygens (including phenoxy) is 2. The summed E-state index contributed by atoms with van der Waals surface area (Å²) in [4.78, 5) is 11.0. The van der Waals surface area contributed by atoms with E-state index in [2.05, 4.69) is 39.9 Å². The molecule has 1 aliphatic rings. The molecule has 0 spiro atoms. The monoisotopic (exact) mass is 575 g/mol. The van der Waals surface area contributed by atoms with Crippen LogP contribution in [0.1, 0.15) is 132 Å². The molecule has 7 heteroatoms. The van der Waals surface area contributed by atoms with Crippen molar-refractivity contribution < 1.29 is 19.4 Å². The summed E-state index contributed by atoms with van der Waals surface area (Å²) in [7, 11) is 0. The molecule has 0 saturated heterocycles. The van der Waals surface area contributed by atoms with Gasteiger partial charge in [-0.3, -0.25) is 10.1 Å². The second-order valence-electron chi connectivity index (χ2n) is 12.7. The predicted octanol–water partition coefficient (Wildman–Crippen LogP) is 6.52. The minimum absolute atomic E-state index is 0.169. The molecule has 0 saturated carbocycles.